The molecule has 0 spiro atoms. The molecular formula is C13H19BrN2O3S. The summed E-state index contributed by atoms with van der Waals surface area (Å²) in [4.78, 5) is 0.235. The quantitative estimate of drug-likeness (QED) is 0.891. The minimum Gasteiger partial charge on any atom is -0.497 e. The largest absolute Gasteiger partial charge is 0.497 e. The Labute approximate surface area is 128 Å². The molecule has 0 amide bonds. The molecule has 20 heavy (non-hydrogen) atoms. The lowest BCUT2D eigenvalue weighted by molar-refractivity contribution is 0.247. The maximum absolute atomic E-state index is 12.8. The number of sulfonamides is 1. The highest BCUT2D eigenvalue weighted by molar-refractivity contribution is 9.10. The van der Waals surface area contributed by atoms with Crippen LogP contribution in [0.5, 0.6) is 5.75 Å². The molecule has 1 fully saturated rings. The van der Waals surface area contributed by atoms with E-state index < -0.39 is 10.0 Å². The zero-order valence-electron chi connectivity index (χ0n) is 11.5. The Morgan fingerprint density at radius 1 is 1.45 bits per heavy atom. The first-order valence-electron chi connectivity index (χ1n) is 6.47. The lowest BCUT2D eigenvalue weighted by Gasteiger charge is -2.35. The van der Waals surface area contributed by atoms with E-state index in [1.165, 1.54) is 11.4 Å². The summed E-state index contributed by atoms with van der Waals surface area (Å²) in [6, 6.07) is 4.93. The number of piperidine rings is 1. The van der Waals surface area contributed by atoms with Crippen LogP contribution >= 0.6 is 15.9 Å². The van der Waals surface area contributed by atoms with Gasteiger partial charge in [0.15, 0.2) is 0 Å². The highest BCUT2D eigenvalue weighted by Gasteiger charge is 2.34. The molecule has 1 aromatic rings. The van der Waals surface area contributed by atoms with Crippen LogP contribution in [0.3, 0.4) is 0 Å². The van der Waals surface area contributed by atoms with Gasteiger partial charge in [0, 0.05) is 29.2 Å². The van der Waals surface area contributed by atoms with E-state index in [1.54, 1.807) is 18.2 Å². The first-order chi connectivity index (χ1) is 9.36. The predicted octanol–water partition coefficient (Wildman–Crippen LogP) is 1.96. The van der Waals surface area contributed by atoms with E-state index >= 15 is 0 Å². The van der Waals surface area contributed by atoms with Crippen LogP contribution in [0.2, 0.25) is 0 Å². The van der Waals surface area contributed by atoms with Crippen LogP contribution in [-0.4, -0.2) is 38.5 Å². The molecule has 0 saturated carbocycles. The molecule has 2 atom stereocenters. The smallest absolute Gasteiger partial charge is 0.244 e. The van der Waals surface area contributed by atoms with Crippen molar-refractivity contribution in [1.29, 1.82) is 0 Å². The van der Waals surface area contributed by atoms with Gasteiger partial charge in [0.25, 0.3) is 0 Å². The Bertz CT molecular complexity index is 591. The van der Waals surface area contributed by atoms with Gasteiger partial charge in [-0.05, 0) is 47.8 Å². The molecule has 0 aromatic heterocycles. The Morgan fingerprint density at radius 3 is 2.75 bits per heavy atom. The maximum atomic E-state index is 12.8. The Balaban J connectivity index is 2.40. The molecule has 1 saturated heterocycles. The first-order valence-corrected chi connectivity index (χ1v) is 8.70. The van der Waals surface area contributed by atoms with Gasteiger partial charge in [-0.2, -0.15) is 4.31 Å². The lowest BCUT2D eigenvalue weighted by atomic mass is 10.0. The van der Waals surface area contributed by atoms with Gasteiger partial charge in [0.2, 0.25) is 10.0 Å². The number of hydrogen-bond acceptors (Lipinski definition) is 4. The predicted molar refractivity (Wildman–Crippen MR) is 81.3 cm³/mol. The average molecular weight is 363 g/mol. The fraction of sp³-hybridized carbons (Fsp3) is 0.538. The van der Waals surface area contributed by atoms with E-state index in [2.05, 4.69) is 15.9 Å². The van der Waals surface area contributed by atoms with Gasteiger partial charge in [0.05, 0.1) is 7.11 Å². The summed E-state index contributed by atoms with van der Waals surface area (Å²) in [7, 11) is -2.03. The number of methoxy groups -OCH3 is 1. The topological polar surface area (TPSA) is 72.6 Å². The Kier molecular flexibility index (Phi) is 4.73. The van der Waals surface area contributed by atoms with Crippen LogP contribution < -0.4 is 10.5 Å². The van der Waals surface area contributed by atoms with Gasteiger partial charge in [-0.1, -0.05) is 0 Å². The number of benzene rings is 1. The molecule has 112 valence electrons. The second kappa shape index (κ2) is 6.01. The van der Waals surface area contributed by atoms with E-state index in [0.717, 1.165) is 0 Å². The number of nitrogens with two attached hydrogens (primary N) is 1. The summed E-state index contributed by atoms with van der Waals surface area (Å²) in [5.74, 6) is 0.521. The van der Waals surface area contributed by atoms with Gasteiger partial charge < -0.3 is 10.5 Å². The van der Waals surface area contributed by atoms with Crippen molar-refractivity contribution in [3.05, 3.63) is 22.7 Å². The number of nitrogens with zero attached hydrogens (tertiary/aromatic N) is 1. The molecule has 1 aromatic carbocycles. The summed E-state index contributed by atoms with van der Waals surface area (Å²) >= 11 is 3.31. The van der Waals surface area contributed by atoms with Crippen LogP contribution in [0.25, 0.3) is 0 Å². The summed E-state index contributed by atoms with van der Waals surface area (Å²) in [5, 5.41) is 0. The highest BCUT2D eigenvalue weighted by Crippen LogP contribution is 2.31. The molecule has 2 unspecified atom stereocenters. The SMILES string of the molecule is COc1ccc(Br)c(S(=O)(=O)N2CCC(N)CC2C)c1. The zero-order valence-corrected chi connectivity index (χ0v) is 13.9. The molecule has 0 bridgehead atoms. The Hall–Kier alpha value is -0.630. The number of ether oxygens (including phenoxy) is 1. The highest BCUT2D eigenvalue weighted by atomic mass is 79.9. The molecule has 1 aliphatic rings. The van der Waals surface area contributed by atoms with Crippen molar-refractivity contribution < 1.29 is 13.2 Å². The van der Waals surface area contributed by atoms with Crippen LogP contribution in [-0.2, 0) is 10.0 Å². The van der Waals surface area contributed by atoms with Crippen molar-refractivity contribution in [3.8, 4) is 5.75 Å². The normalized spacial score (nSPS) is 24.6. The van der Waals surface area contributed by atoms with Gasteiger partial charge in [-0.25, -0.2) is 8.42 Å². The average Bonchev–Trinajstić information content (AvgIpc) is 2.38. The number of rotatable bonds is 3. The van der Waals surface area contributed by atoms with Crippen molar-refractivity contribution in [2.75, 3.05) is 13.7 Å². The van der Waals surface area contributed by atoms with Crippen molar-refractivity contribution >= 4 is 26.0 Å². The lowest BCUT2D eigenvalue weighted by Crippen LogP contribution is -2.48. The molecule has 1 heterocycles. The zero-order chi connectivity index (χ0) is 14.9. The molecule has 2 rings (SSSR count). The second-order valence-electron chi connectivity index (χ2n) is 5.05. The summed E-state index contributed by atoms with van der Waals surface area (Å²) in [5.41, 5.74) is 5.89. The standard InChI is InChI=1S/C13H19BrN2O3S/c1-9-7-10(15)5-6-16(9)20(17,18)13-8-11(19-2)3-4-12(13)14/h3-4,8-10H,5-7,15H2,1-2H3. The minimum absolute atomic E-state index is 0.0743. The second-order valence-corrected chi connectivity index (χ2v) is 7.76. The molecule has 0 radical (unpaired) electrons. The van der Waals surface area contributed by atoms with Crippen molar-refractivity contribution in [2.45, 2.75) is 36.7 Å². The fourth-order valence-corrected chi connectivity index (χ4v) is 5.08. The van der Waals surface area contributed by atoms with Crippen LogP contribution in [0.1, 0.15) is 19.8 Å². The van der Waals surface area contributed by atoms with Crippen LogP contribution in [0.4, 0.5) is 0 Å². The monoisotopic (exact) mass is 362 g/mol. The number of halogens is 1. The third kappa shape index (κ3) is 3.00. The third-order valence-corrected chi connectivity index (χ3v) is 6.59. The molecule has 5 nitrogen and oxygen atoms in total. The van der Waals surface area contributed by atoms with Crippen molar-refractivity contribution in [3.63, 3.8) is 0 Å². The van der Waals surface area contributed by atoms with Gasteiger partial charge in [-0.15, -0.1) is 0 Å². The van der Waals surface area contributed by atoms with Crippen molar-refractivity contribution in [1.82, 2.24) is 4.31 Å². The molecule has 7 heteroatoms. The first kappa shape index (κ1) is 15.8. The molecule has 2 N–H and O–H groups in total. The van der Waals surface area contributed by atoms with Gasteiger partial charge in [0.1, 0.15) is 10.6 Å². The van der Waals surface area contributed by atoms with Crippen LogP contribution in [0.15, 0.2) is 27.6 Å². The summed E-state index contributed by atoms with van der Waals surface area (Å²) < 4.78 is 32.8. The molecule has 0 aliphatic carbocycles. The molecule has 1 aliphatic heterocycles. The van der Waals surface area contributed by atoms with Gasteiger partial charge in [-0.3, -0.25) is 0 Å². The minimum atomic E-state index is -3.55. The van der Waals surface area contributed by atoms with Crippen molar-refractivity contribution in [2.24, 2.45) is 5.73 Å². The van der Waals surface area contributed by atoms with E-state index in [-0.39, 0.29) is 17.0 Å². The molecular weight excluding hydrogens is 344 g/mol. The van der Waals surface area contributed by atoms with E-state index in [9.17, 15) is 8.42 Å². The van der Waals surface area contributed by atoms with E-state index in [1.807, 2.05) is 6.92 Å². The van der Waals surface area contributed by atoms with E-state index in [0.29, 0.717) is 29.6 Å². The Morgan fingerprint density at radius 2 is 2.15 bits per heavy atom. The van der Waals surface area contributed by atoms with Crippen LogP contribution in [0, 0.1) is 0 Å². The van der Waals surface area contributed by atoms with Gasteiger partial charge >= 0.3 is 0 Å². The van der Waals surface area contributed by atoms with E-state index in [4.69, 9.17) is 10.5 Å². The number of hydrogen-bond donors (Lipinski definition) is 1. The fourth-order valence-electron chi connectivity index (χ4n) is 2.48. The summed E-state index contributed by atoms with van der Waals surface area (Å²) in [6.07, 6.45) is 1.37. The summed E-state index contributed by atoms with van der Waals surface area (Å²) in [6.45, 7) is 2.35. The maximum Gasteiger partial charge on any atom is 0.244 e. The third-order valence-electron chi connectivity index (χ3n) is 3.58.